The molecule has 2 fully saturated rings. The number of nitrogens with zero attached hydrogens (tertiary/aromatic N) is 1. The molecule has 1 aliphatic carbocycles. The van der Waals surface area contributed by atoms with Crippen molar-refractivity contribution in [3.63, 3.8) is 0 Å². The van der Waals surface area contributed by atoms with Crippen LogP contribution in [0.15, 0.2) is 0 Å². The molecule has 1 amide bonds. The first-order valence-corrected chi connectivity index (χ1v) is 6.11. The van der Waals surface area contributed by atoms with Gasteiger partial charge in [0.2, 0.25) is 5.91 Å². The lowest BCUT2D eigenvalue weighted by Gasteiger charge is -2.35. The highest BCUT2D eigenvalue weighted by Crippen LogP contribution is 2.37. The molecule has 1 saturated carbocycles. The molecule has 5 heteroatoms. The third-order valence-corrected chi connectivity index (χ3v) is 3.60. The van der Waals surface area contributed by atoms with E-state index in [-0.39, 0.29) is 24.4 Å². The second-order valence-electron chi connectivity index (χ2n) is 4.77. The molecular formula is C12H19NO4. The molecule has 1 heterocycles. The Bertz CT molecular complexity index is 314. The predicted octanol–water partition coefficient (Wildman–Crippen LogP) is 0.433. The fraction of sp³-hybridized carbons (Fsp3) is 0.833. The summed E-state index contributed by atoms with van der Waals surface area (Å²) in [5.41, 5.74) is 0. The van der Waals surface area contributed by atoms with Crippen LogP contribution in [0.2, 0.25) is 0 Å². The van der Waals surface area contributed by atoms with Crippen molar-refractivity contribution in [2.24, 2.45) is 11.8 Å². The van der Waals surface area contributed by atoms with Crippen molar-refractivity contribution in [1.29, 1.82) is 0 Å². The van der Waals surface area contributed by atoms with Crippen LogP contribution >= 0.6 is 0 Å². The van der Waals surface area contributed by atoms with Crippen LogP contribution in [0.4, 0.5) is 0 Å². The fourth-order valence-corrected chi connectivity index (χ4v) is 2.26. The minimum absolute atomic E-state index is 0.0141. The second-order valence-corrected chi connectivity index (χ2v) is 4.77. The van der Waals surface area contributed by atoms with Crippen molar-refractivity contribution < 1.29 is 19.1 Å². The zero-order valence-electron chi connectivity index (χ0n) is 10.3. The summed E-state index contributed by atoms with van der Waals surface area (Å²) in [7, 11) is 1.34. The van der Waals surface area contributed by atoms with Gasteiger partial charge in [-0.1, -0.05) is 6.92 Å². The van der Waals surface area contributed by atoms with Crippen LogP contribution in [0, 0.1) is 11.8 Å². The quantitative estimate of drug-likeness (QED) is 0.672. The number of esters is 1. The lowest BCUT2D eigenvalue weighted by molar-refractivity contribution is -0.162. The largest absolute Gasteiger partial charge is 0.467 e. The number of carbonyl (C=O) groups is 2. The fourth-order valence-electron chi connectivity index (χ4n) is 2.26. The van der Waals surface area contributed by atoms with Crippen molar-refractivity contribution in [3.8, 4) is 0 Å². The molecule has 2 atom stereocenters. The number of carbonyl (C=O) groups excluding carboxylic acids is 2. The number of methoxy groups -OCH3 is 1. The average Bonchev–Trinajstić information content (AvgIpc) is 3.20. The predicted molar refractivity (Wildman–Crippen MR) is 60.2 cm³/mol. The molecule has 0 aromatic rings. The molecular weight excluding hydrogens is 222 g/mol. The summed E-state index contributed by atoms with van der Waals surface area (Å²) < 4.78 is 9.96. The van der Waals surface area contributed by atoms with Gasteiger partial charge in [-0.2, -0.15) is 0 Å². The molecule has 1 saturated heterocycles. The molecule has 17 heavy (non-hydrogen) atoms. The molecule has 5 nitrogen and oxygen atoms in total. The monoisotopic (exact) mass is 241 g/mol. The van der Waals surface area contributed by atoms with Gasteiger partial charge >= 0.3 is 5.97 Å². The normalized spacial score (nSPS) is 26.5. The van der Waals surface area contributed by atoms with Crippen LogP contribution in [0.1, 0.15) is 19.8 Å². The van der Waals surface area contributed by atoms with Gasteiger partial charge in [0, 0.05) is 12.5 Å². The zero-order chi connectivity index (χ0) is 12.4. The first-order valence-electron chi connectivity index (χ1n) is 6.11. The Morgan fingerprint density at radius 2 is 2.12 bits per heavy atom. The summed E-state index contributed by atoms with van der Waals surface area (Å²) in [6.07, 6.45) is 2.25. The van der Waals surface area contributed by atoms with Crippen molar-refractivity contribution in [2.75, 3.05) is 26.9 Å². The number of ether oxygens (including phenoxy) is 2. The Balaban J connectivity index is 2.04. The molecule has 0 bridgehead atoms. The van der Waals surface area contributed by atoms with E-state index >= 15 is 0 Å². The number of hydrogen-bond donors (Lipinski definition) is 0. The highest BCUT2D eigenvalue weighted by atomic mass is 16.5. The van der Waals surface area contributed by atoms with Crippen molar-refractivity contribution in [2.45, 2.75) is 25.8 Å². The molecule has 2 unspecified atom stereocenters. The smallest absolute Gasteiger partial charge is 0.331 e. The van der Waals surface area contributed by atoms with Gasteiger partial charge in [0.1, 0.15) is 0 Å². The summed E-state index contributed by atoms with van der Waals surface area (Å²) in [5, 5.41) is 0. The number of rotatable bonds is 3. The van der Waals surface area contributed by atoms with Crippen molar-refractivity contribution in [1.82, 2.24) is 4.90 Å². The van der Waals surface area contributed by atoms with Crippen LogP contribution < -0.4 is 0 Å². The van der Waals surface area contributed by atoms with E-state index in [1.165, 1.54) is 7.11 Å². The standard InChI is InChI=1S/C12H19NO4/c1-8(9-3-4-9)11(14)13-5-6-17-7-10(13)12(15)16-2/h8-10H,3-7H2,1-2H3. The molecule has 0 N–H and O–H groups in total. The molecule has 96 valence electrons. The Hall–Kier alpha value is -1.10. The van der Waals surface area contributed by atoms with Gasteiger partial charge < -0.3 is 14.4 Å². The van der Waals surface area contributed by atoms with E-state index in [1.54, 1.807) is 4.90 Å². The number of morpholine rings is 1. The maximum Gasteiger partial charge on any atom is 0.331 e. The van der Waals surface area contributed by atoms with Crippen LogP contribution in [0.3, 0.4) is 0 Å². The maximum atomic E-state index is 12.3. The third kappa shape index (κ3) is 2.60. The van der Waals surface area contributed by atoms with E-state index in [4.69, 9.17) is 9.47 Å². The molecule has 0 spiro atoms. The first kappa shape index (κ1) is 12.4. The van der Waals surface area contributed by atoms with Gasteiger partial charge in [-0.25, -0.2) is 4.79 Å². The van der Waals surface area contributed by atoms with Crippen molar-refractivity contribution in [3.05, 3.63) is 0 Å². The molecule has 2 rings (SSSR count). The van der Waals surface area contributed by atoms with E-state index < -0.39 is 6.04 Å². The van der Waals surface area contributed by atoms with Gasteiger partial charge in [-0.15, -0.1) is 0 Å². The molecule has 1 aliphatic heterocycles. The Morgan fingerprint density at radius 1 is 1.41 bits per heavy atom. The van der Waals surface area contributed by atoms with Gasteiger partial charge in [0.15, 0.2) is 6.04 Å². The van der Waals surface area contributed by atoms with Gasteiger partial charge in [0.05, 0.1) is 20.3 Å². The summed E-state index contributed by atoms with van der Waals surface area (Å²) in [4.78, 5) is 25.5. The minimum Gasteiger partial charge on any atom is -0.467 e. The van der Waals surface area contributed by atoms with Gasteiger partial charge in [-0.05, 0) is 18.8 Å². The van der Waals surface area contributed by atoms with E-state index in [0.29, 0.717) is 19.1 Å². The zero-order valence-corrected chi connectivity index (χ0v) is 10.3. The number of amides is 1. The van der Waals surface area contributed by atoms with Crippen LogP contribution in [-0.2, 0) is 19.1 Å². The summed E-state index contributed by atoms with van der Waals surface area (Å²) in [6, 6.07) is -0.567. The van der Waals surface area contributed by atoms with Crippen LogP contribution in [-0.4, -0.2) is 49.7 Å². The lowest BCUT2D eigenvalue weighted by atomic mass is 10.0. The highest BCUT2D eigenvalue weighted by molar-refractivity contribution is 5.86. The van der Waals surface area contributed by atoms with Crippen molar-refractivity contribution >= 4 is 11.9 Å². The maximum absolute atomic E-state index is 12.3. The average molecular weight is 241 g/mol. The van der Waals surface area contributed by atoms with E-state index in [2.05, 4.69) is 0 Å². The highest BCUT2D eigenvalue weighted by Gasteiger charge is 2.40. The Kier molecular flexibility index (Phi) is 3.66. The Morgan fingerprint density at radius 3 is 2.71 bits per heavy atom. The topological polar surface area (TPSA) is 55.8 Å². The molecule has 0 aromatic heterocycles. The minimum atomic E-state index is -0.567. The number of hydrogen-bond acceptors (Lipinski definition) is 4. The van der Waals surface area contributed by atoms with Crippen LogP contribution in [0.25, 0.3) is 0 Å². The van der Waals surface area contributed by atoms with Gasteiger partial charge in [-0.3, -0.25) is 4.79 Å². The summed E-state index contributed by atoms with van der Waals surface area (Å²) >= 11 is 0. The van der Waals surface area contributed by atoms with Crippen LogP contribution in [0.5, 0.6) is 0 Å². The summed E-state index contributed by atoms with van der Waals surface area (Å²) in [6.45, 7) is 3.17. The third-order valence-electron chi connectivity index (χ3n) is 3.60. The Labute approximate surface area is 101 Å². The van der Waals surface area contributed by atoms with E-state index in [9.17, 15) is 9.59 Å². The lowest BCUT2D eigenvalue weighted by Crippen LogP contribution is -2.54. The van der Waals surface area contributed by atoms with E-state index in [0.717, 1.165) is 12.8 Å². The SMILES string of the molecule is COC(=O)C1COCCN1C(=O)C(C)C1CC1. The first-order chi connectivity index (χ1) is 8.15. The molecule has 0 radical (unpaired) electrons. The van der Waals surface area contributed by atoms with E-state index in [1.807, 2.05) is 6.92 Å². The second kappa shape index (κ2) is 5.04. The molecule has 0 aromatic carbocycles. The van der Waals surface area contributed by atoms with Gasteiger partial charge in [0.25, 0.3) is 0 Å². The molecule has 2 aliphatic rings. The summed E-state index contributed by atoms with van der Waals surface area (Å²) in [5.74, 6) is 0.191.